The van der Waals surface area contributed by atoms with Crippen molar-refractivity contribution < 1.29 is 0 Å². The minimum absolute atomic E-state index is 0.198. The van der Waals surface area contributed by atoms with E-state index >= 15 is 0 Å². The highest BCUT2D eigenvalue weighted by atomic mass is 14.8. The first-order chi connectivity index (χ1) is 20.6. The van der Waals surface area contributed by atoms with Gasteiger partial charge in [-0.2, -0.15) is 0 Å². The molecular formula is C37H23N5. The molecule has 0 bridgehead atoms. The van der Waals surface area contributed by atoms with Crippen LogP contribution in [0.25, 0.3) is 72.6 Å². The van der Waals surface area contributed by atoms with E-state index in [2.05, 4.69) is 42.5 Å². The molecule has 0 amide bonds. The first-order valence-corrected chi connectivity index (χ1v) is 13.8. The highest BCUT2D eigenvalue weighted by molar-refractivity contribution is 6.54. The molecule has 2 N–H and O–H groups in total. The lowest BCUT2D eigenvalue weighted by Gasteiger charge is -2.19. The van der Waals surface area contributed by atoms with Gasteiger partial charge in [-0.3, -0.25) is 10.8 Å². The zero-order valence-electron chi connectivity index (χ0n) is 22.5. The molecule has 0 saturated heterocycles. The van der Waals surface area contributed by atoms with Gasteiger partial charge < -0.3 is 0 Å². The fourth-order valence-electron chi connectivity index (χ4n) is 5.77. The van der Waals surface area contributed by atoms with Crippen molar-refractivity contribution in [3.05, 3.63) is 132 Å². The normalized spacial score (nSPS) is 12.8. The second-order valence-electron chi connectivity index (χ2n) is 10.4. The largest absolute Gasteiger partial charge is 0.299 e. The molecule has 196 valence electrons. The molecular weight excluding hydrogens is 514 g/mol. The van der Waals surface area contributed by atoms with Gasteiger partial charge in [-0.1, -0.05) is 97.1 Å². The minimum Gasteiger partial charge on any atom is -0.299 e. The Morgan fingerprint density at radius 3 is 1.76 bits per heavy atom. The monoisotopic (exact) mass is 537 g/mol. The van der Waals surface area contributed by atoms with Gasteiger partial charge in [-0.05, 0) is 30.4 Å². The molecule has 42 heavy (non-hydrogen) atoms. The maximum atomic E-state index is 8.76. The van der Waals surface area contributed by atoms with Crippen molar-refractivity contribution in [1.82, 2.24) is 15.0 Å². The lowest BCUT2D eigenvalue weighted by Crippen LogP contribution is -2.17. The highest BCUT2D eigenvalue weighted by Gasteiger charge is 2.23. The molecule has 7 aromatic rings. The van der Waals surface area contributed by atoms with Crippen molar-refractivity contribution in [3.8, 4) is 33.8 Å². The summed E-state index contributed by atoms with van der Waals surface area (Å²) in [6, 6.07) is 38.8. The fourth-order valence-corrected chi connectivity index (χ4v) is 5.77. The molecule has 0 saturated carbocycles. The summed E-state index contributed by atoms with van der Waals surface area (Å²) >= 11 is 0. The number of pyridine rings is 3. The number of rotatable bonds is 3. The van der Waals surface area contributed by atoms with E-state index < -0.39 is 0 Å². The second-order valence-corrected chi connectivity index (χ2v) is 10.4. The number of nitrogens with zero attached hydrogens (tertiary/aromatic N) is 3. The van der Waals surface area contributed by atoms with Gasteiger partial charge in [0.25, 0.3) is 0 Å². The average Bonchev–Trinajstić information content (AvgIpc) is 3.06. The molecule has 1 aliphatic rings. The van der Waals surface area contributed by atoms with E-state index in [1.807, 2.05) is 78.9 Å². The first-order valence-electron chi connectivity index (χ1n) is 13.8. The topological polar surface area (TPSA) is 86.4 Å². The van der Waals surface area contributed by atoms with Crippen molar-refractivity contribution in [2.45, 2.75) is 0 Å². The lowest BCUT2D eigenvalue weighted by molar-refractivity contribution is 1.35. The SMILES string of the molecule is N=C1C=Cc2c(-c3ccccc3)nc3cc(-c4ccc5ccc6ccc(-c7ccccc7)nc6c5n4)ccc3c2C1=N. The Balaban J connectivity index is 1.33. The molecule has 3 heterocycles. The minimum atomic E-state index is 0.198. The molecule has 8 rings (SSSR count). The molecule has 0 atom stereocenters. The molecule has 0 spiro atoms. The molecule has 4 aromatic carbocycles. The number of benzene rings is 4. The van der Waals surface area contributed by atoms with E-state index in [0.29, 0.717) is 0 Å². The van der Waals surface area contributed by atoms with E-state index in [4.69, 9.17) is 25.8 Å². The Morgan fingerprint density at radius 1 is 0.500 bits per heavy atom. The number of allylic oxidation sites excluding steroid dienone is 1. The van der Waals surface area contributed by atoms with E-state index in [-0.39, 0.29) is 11.4 Å². The standard InChI is InChI=1S/C37H23N5/c38-29-18-17-28-33(34(29)39)27-16-13-26(21-32(27)42-35(28)23-9-5-2-6-10-23)31-20-15-25-12-11-24-14-19-30(22-7-3-1-4-8-22)40-36(24)37(25)41-31/h1-21,38-39H. The van der Waals surface area contributed by atoms with Gasteiger partial charge >= 0.3 is 0 Å². The quantitative estimate of drug-likeness (QED) is 0.221. The zero-order chi connectivity index (χ0) is 28.2. The van der Waals surface area contributed by atoms with Crippen molar-refractivity contribution >= 4 is 50.2 Å². The zero-order valence-corrected chi connectivity index (χ0v) is 22.5. The van der Waals surface area contributed by atoms with Crippen molar-refractivity contribution in [1.29, 1.82) is 10.8 Å². The summed E-state index contributed by atoms with van der Waals surface area (Å²) in [5.41, 5.74) is 10.0. The van der Waals surface area contributed by atoms with E-state index in [1.54, 1.807) is 6.08 Å². The predicted octanol–water partition coefficient (Wildman–Crippen LogP) is 8.75. The fraction of sp³-hybridized carbons (Fsp3) is 0. The van der Waals surface area contributed by atoms with Crippen molar-refractivity contribution in [3.63, 3.8) is 0 Å². The average molecular weight is 538 g/mol. The van der Waals surface area contributed by atoms with Gasteiger partial charge in [-0.25, -0.2) is 15.0 Å². The molecule has 0 fully saturated rings. The van der Waals surface area contributed by atoms with E-state index in [9.17, 15) is 0 Å². The maximum absolute atomic E-state index is 8.76. The number of hydrogen-bond acceptors (Lipinski definition) is 5. The van der Waals surface area contributed by atoms with Crippen LogP contribution in [-0.4, -0.2) is 26.4 Å². The molecule has 0 unspecified atom stereocenters. The first kappa shape index (κ1) is 24.0. The van der Waals surface area contributed by atoms with Crippen LogP contribution in [0.3, 0.4) is 0 Å². The maximum Gasteiger partial charge on any atom is 0.0972 e. The summed E-state index contributed by atoms with van der Waals surface area (Å²) in [4.78, 5) is 15.3. The lowest BCUT2D eigenvalue weighted by atomic mass is 9.88. The van der Waals surface area contributed by atoms with Gasteiger partial charge in [0.05, 0.1) is 45.1 Å². The Labute approximate surface area is 241 Å². The van der Waals surface area contributed by atoms with Crippen LogP contribution in [0.15, 0.2) is 121 Å². The van der Waals surface area contributed by atoms with Crippen LogP contribution in [0.5, 0.6) is 0 Å². The number of fused-ring (bicyclic) bond motifs is 6. The van der Waals surface area contributed by atoms with Crippen molar-refractivity contribution in [2.24, 2.45) is 0 Å². The highest BCUT2D eigenvalue weighted by Crippen LogP contribution is 2.36. The van der Waals surface area contributed by atoms with Gasteiger partial charge in [0.15, 0.2) is 0 Å². The summed E-state index contributed by atoms with van der Waals surface area (Å²) < 4.78 is 0. The van der Waals surface area contributed by atoms with Crippen LogP contribution in [0.4, 0.5) is 0 Å². The summed E-state index contributed by atoms with van der Waals surface area (Å²) in [7, 11) is 0. The summed E-state index contributed by atoms with van der Waals surface area (Å²) in [5, 5.41) is 20.0. The van der Waals surface area contributed by atoms with Gasteiger partial charge in [0.2, 0.25) is 0 Å². The third-order valence-corrected chi connectivity index (χ3v) is 7.89. The van der Waals surface area contributed by atoms with Crippen LogP contribution >= 0.6 is 0 Å². The summed E-state index contributed by atoms with van der Waals surface area (Å²) in [5.74, 6) is 0. The molecule has 3 aromatic heterocycles. The smallest absolute Gasteiger partial charge is 0.0972 e. The number of hydrogen-bond donors (Lipinski definition) is 2. The van der Waals surface area contributed by atoms with Crippen LogP contribution < -0.4 is 0 Å². The van der Waals surface area contributed by atoms with Gasteiger partial charge in [-0.15, -0.1) is 0 Å². The third-order valence-electron chi connectivity index (χ3n) is 7.89. The van der Waals surface area contributed by atoms with E-state index in [1.165, 1.54) is 0 Å². The van der Waals surface area contributed by atoms with Crippen LogP contribution in [-0.2, 0) is 0 Å². The Morgan fingerprint density at radius 2 is 1.10 bits per heavy atom. The third kappa shape index (κ3) is 3.83. The van der Waals surface area contributed by atoms with Crippen LogP contribution in [0, 0.1) is 10.8 Å². The van der Waals surface area contributed by atoms with Crippen molar-refractivity contribution in [2.75, 3.05) is 0 Å². The van der Waals surface area contributed by atoms with Gasteiger partial charge in [0.1, 0.15) is 0 Å². The molecule has 0 aliphatic heterocycles. The molecule has 0 radical (unpaired) electrons. The molecule has 5 nitrogen and oxygen atoms in total. The number of nitrogens with one attached hydrogen (secondary N) is 2. The van der Waals surface area contributed by atoms with Crippen LogP contribution in [0.2, 0.25) is 0 Å². The Bertz CT molecular complexity index is 2270. The van der Waals surface area contributed by atoms with E-state index in [0.717, 1.165) is 77.6 Å². The second kappa shape index (κ2) is 9.39. The molecule has 1 aliphatic carbocycles. The Kier molecular flexibility index (Phi) is 5.37. The summed E-state index contributed by atoms with van der Waals surface area (Å²) in [6.45, 7) is 0. The van der Waals surface area contributed by atoms with Gasteiger partial charge in [0, 0.05) is 44.0 Å². The Hall–Kier alpha value is -5.81. The number of aromatic nitrogens is 3. The van der Waals surface area contributed by atoms with Crippen LogP contribution in [0.1, 0.15) is 11.1 Å². The molecule has 5 heteroatoms. The predicted molar refractivity (Wildman–Crippen MR) is 172 cm³/mol. The summed E-state index contributed by atoms with van der Waals surface area (Å²) in [6.07, 6.45) is 3.59.